The molecule has 0 saturated carbocycles. The third-order valence-corrected chi connectivity index (χ3v) is 7.45. The van der Waals surface area contributed by atoms with Crippen LogP contribution in [0.3, 0.4) is 0 Å². The summed E-state index contributed by atoms with van der Waals surface area (Å²) in [7, 11) is 1.62. The minimum atomic E-state index is -4.57. The van der Waals surface area contributed by atoms with Crippen LogP contribution in [0.25, 0.3) is 10.2 Å². The van der Waals surface area contributed by atoms with Crippen LogP contribution in [0.4, 0.5) is 18.9 Å². The summed E-state index contributed by atoms with van der Waals surface area (Å²) < 4.78 is 42.7. The molecule has 3 N–H and O–H groups in total. The van der Waals surface area contributed by atoms with Crippen LogP contribution in [0.15, 0.2) is 53.0 Å². The van der Waals surface area contributed by atoms with Crippen LogP contribution in [0.1, 0.15) is 29.2 Å². The van der Waals surface area contributed by atoms with Crippen molar-refractivity contribution in [3.63, 3.8) is 0 Å². The number of nitrogens with zero attached hydrogens (tertiary/aromatic N) is 3. The molecule has 0 radical (unpaired) electrons. The van der Waals surface area contributed by atoms with Crippen molar-refractivity contribution in [3.05, 3.63) is 74.5 Å². The molecule has 2 atom stereocenters. The Balaban J connectivity index is 1.61. The Morgan fingerprint density at radius 1 is 1.20 bits per heavy atom. The van der Waals surface area contributed by atoms with Crippen LogP contribution >= 0.6 is 11.3 Å². The summed E-state index contributed by atoms with van der Waals surface area (Å²) in [5.41, 5.74) is 5.57. The van der Waals surface area contributed by atoms with Gasteiger partial charge in [-0.2, -0.15) is 13.2 Å². The summed E-state index contributed by atoms with van der Waals surface area (Å²) in [6.45, 7) is 0. The molecule has 3 aromatic rings. The Bertz CT molecular complexity index is 1480. The van der Waals surface area contributed by atoms with E-state index in [4.69, 9.17) is 5.73 Å². The fraction of sp³-hybridized carbons (Fsp3) is 0.261. The second kappa shape index (κ2) is 7.95. The van der Waals surface area contributed by atoms with E-state index in [0.717, 1.165) is 28.5 Å². The maximum absolute atomic E-state index is 13.5. The number of aliphatic hydroxyl groups is 1. The molecule has 0 saturated heterocycles. The van der Waals surface area contributed by atoms with E-state index in [1.165, 1.54) is 21.6 Å². The zero-order valence-electron chi connectivity index (χ0n) is 18.2. The lowest BCUT2D eigenvalue weighted by Crippen LogP contribution is -2.55. The van der Waals surface area contributed by atoms with E-state index in [1.807, 2.05) is 0 Å². The molecular weight excluding hydrogens is 485 g/mol. The van der Waals surface area contributed by atoms with E-state index < -0.39 is 41.5 Å². The summed E-state index contributed by atoms with van der Waals surface area (Å²) in [5, 5.41) is 11.2. The van der Waals surface area contributed by atoms with Crippen LogP contribution in [-0.4, -0.2) is 32.7 Å². The number of carbonyl (C=O) groups is 2. The third kappa shape index (κ3) is 3.60. The number of primary amides is 1. The minimum Gasteiger partial charge on any atom is -0.365 e. The Hall–Kier alpha value is -3.64. The van der Waals surface area contributed by atoms with Gasteiger partial charge in [0.15, 0.2) is 0 Å². The first kappa shape index (κ1) is 23.1. The second-order valence-corrected chi connectivity index (χ2v) is 9.37. The number of hydrogen-bond acceptors (Lipinski definition) is 6. The number of aromatic nitrogens is 1. The fourth-order valence-electron chi connectivity index (χ4n) is 4.79. The maximum atomic E-state index is 13.5. The standard InChI is InChI=1S/C23H19F3N4O4S/c1-28-17-7-5-11(9-18(17)35-22(28)34)29-10-14(19(27)31)20(32)30(21(29)33)16-8-6-12-13(16)3-2-4-15(12)23(24,25)26/h2-5,7,9-10,16,21,33H,6,8H2,1H3,(H2,27,31). The van der Waals surface area contributed by atoms with Crippen LogP contribution in [0.2, 0.25) is 0 Å². The van der Waals surface area contributed by atoms with Crippen molar-refractivity contribution in [1.82, 2.24) is 9.47 Å². The van der Waals surface area contributed by atoms with Crippen molar-refractivity contribution >= 4 is 39.1 Å². The van der Waals surface area contributed by atoms with Gasteiger partial charge in [0.2, 0.25) is 6.35 Å². The SMILES string of the molecule is Cn1c(=O)sc2cc(N3C=C(C(N)=O)C(=O)N(C4CCc5c4cccc5C(F)(F)F)C3O)ccc21. The van der Waals surface area contributed by atoms with Crippen molar-refractivity contribution in [2.75, 3.05) is 4.90 Å². The number of hydrogen-bond donors (Lipinski definition) is 2. The summed E-state index contributed by atoms with van der Waals surface area (Å²) in [6, 6.07) is 7.71. The smallest absolute Gasteiger partial charge is 0.365 e. The zero-order chi connectivity index (χ0) is 25.2. The van der Waals surface area contributed by atoms with Crippen molar-refractivity contribution in [2.45, 2.75) is 31.4 Å². The number of rotatable bonds is 3. The van der Waals surface area contributed by atoms with Crippen molar-refractivity contribution < 1.29 is 27.9 Å². The lowest BCUT2D eigenvalue weighted by molar-refractivity contribution is -0.144. The number of halogens is 3. The van der Waals surface area contributed by atoms with Gasteiger partial charge in [0.25, 0.3) is 11.8 Å². The highest BCUT2D eigenvalue weighted by Crippen LogP contribution is 2.44. The Labute approximate surface area is 200 Å². The zero-order valence-corrected chi connectivity index (χ0v) is 19.1. The van der Waals surface area contributed by atoms with Gasteiger partial charge in [0, 0.05) is 18.9 Å². The molecule has 1 aliphatic heterocycles. The molecule has 35 heavy (non-hydrogen) atoms. The first-order valence-corrected chi connectivity index (χ1v) is 11.4. The molecule has 12 heteroatoms. The topological polar surface area (TPSA) is 109 Å². The minimum absolute atomic E-state index is 0.0474. The summed E-state index contributed by atoms with van der Waals surface area (Å²) in [4.78, 5) is 39.4. The van der Waals surface area contributed by atoms with Gasteiger partial charge in [-0.15, -0.1) is 0 Å². The largest absolute Gasteiger partial charge is 0.416 e. The molecular formula is C23H19F3N4O4S. The van der Waals surface area contributed by atoms with Crippen LogP contribution in [0.5, 0.6) is 0 Å². The van der Waals surface area contributed by atoms with Crippen LogP contribution in [-0.2, 0) is 29.2 Å². The highest BCUT2D eigenvalue weighted by atomic mass is 32.1. The molecule has 2 amide bonds. The first-order chi connectivity index (χ1) is 16.5. The summed E-state index contributed by atoms with van der Waals surface area (Å²) in [6.07, 6.45) is -4.90. The number of fused-ring (bicyclic) bond motifs is 2. The average molecular weight is 504 g/mol. The molecule has 182 valence electrons. The van der Waals surface area contributed by atoms with E-state index in [0.29, 0.717) is 15.9 Å². The van der Waals surface area contributed by atoms with Gasteiger partial charge >= 0.3 is 11.0 Å². The number of aryl methyl sites for hydroxylation is 1. The van der Waals surface area contributed by atoms with Crippen LogP contribution < -0.4 is 15.5 Å². The lowest BCUT2D eigenvalue weighted by Gasteiger charge is -2.42. The van der Waals surface area contributed by atoms with E-state index >= 15 is 0 Å². The van der Waals surface area contributed by atoms with Gasteiger partial charge in [-0.3, -0.25) is 19.3 Å². The molecule has 2 aliphatic rings. The lowest BCUT2D eigenvalue weighted by atomic mass is 10.0. The summed E-state index contributed by atoms with van der Waals surface area (Å²) in [5.74, 6) is -1.91. The number of benzene rings is 2. The van der Waals surface area contributed by atoms with E-state index in [9.17, 15) is 32.7 Å². The van der Waals surface area contributed by atoms with E-state index in [1.54, 1.807) is 25.2 Å². The van der Waals surface area contributed by atoms with Crippen molar-refractivity contribution in [3.8, 4) is 0 Å². The van der Waals surface area contributed by atoms with Crippen molar-refractivity contribution in [1.29, 1.82) is 0 Å². The molecule has 1 aliphatic carbocycles. The number of nitrogens with two attached hydrogens (primary N) is 1. The maximum Gasteiger partial charge on any atom is 0.416 e. The normalized spacial score (nSPS) is 20.4. The third-order valence-electron chi connectivity index (χ3n) is 6.45. The number of anilines is 1. The van der Waals surface area contributed by atoms with Gasteiger partial charge in [-0.05, 0) is 48.2 Å². The summed E-state index contributed by atoms with van der Waals surface area (Å²) >= 11 is 0.986. The monoisotopic (exact) mass is 504 g/mol. The molecule has 2 heterocycles. The van der Waals surface area contributed by atoms with E-state index in [-0.39, 0.29) is 28.8 Å². The predicted molar refractivity (Wildman–Crippen MR) is 122 cm³/mol. The second-order valence-electron chi connectivity index (χ2n) is 8.38. The Morgan fingerprint density at radius 2 is 1.94 bits per heavy atom. The molecule has 1 aromatic heterocycles. The Morgan fingerprint density at radius 3 is 2.63 bits per heavy atom. The molecule has 0 bridgehead atoms. The average Bonchev–Trinajstić information content (AvgIpc) is 3.33. The molecule has 0 spiro atoms. The van der Waals surface area contributed by atoms with Crippen molar-refractivity contribution in [2.24, 2.45) is 12.8 Å². The molecule has 5 rings (SSSR count). The number of carbonyl (C=O) groups excluding carboxylic acids is 2. The van der Waals surface area contributed by atoms with Gasteiger partial charge < -0.3 is 20.3 Å². The van der Waals surface area contributed by atoms with E-state index in [2.05, 4.69) is 0 Å². The molecule has 8 nitrogen and oxygen atoms in total. The molecule has 2 aromatic carbocycles. The molecule has 2 unspecified atom stereocenters. The highest BCUT2D eigenvalue weighted by molar-refractivity contribution is 7.16. The van der Waals surface area contributed by atoms with Gasteiger partial charge in [0.1, 0.15) is 5.57 Å². The number of thiazole rings is 1. The molecule has 0 fully saturated rings. The predicted octanol–water partition coefficient (Wildman–Crippen LogP) is 2.60. The number of alkyl halides is 3. The fourth-order valence-corrected chi connectivity index (χ4v) is 5.70. The highest BCUT2D eigenvalue weighted by Gasteiger charge is 2.45. The Kier molecular flexibility index (Phi) is 5.25. The van der Waals surface area contributed by atoms with Gasteiger partial charge in [0.05, 0.1) is 21.8 Å². The number of aliphatic hydroxyl groups excluding tert-OH is 1. The van der Waals surface area contributed by atoms with Crippen LogP contribution in [0, 0.1) is 0 Å². The van der Waals surface area contributed by atoms with Gasteiger partial charge in [-0.25, -0.2) is 0 Å². The number of amides is 2. The quantitative estimate of drug-likeness (QED) is 0.533. The van der Waals surface area contributed by atoms with Gasteiger partial charge in [-0.1, -0.05) is 23.5 Å². The first-order valence-electron chi connectivity index (χ1n) is 10.6.